The van der Waals surface area contributed by atoms with E-state index in [1.165, 1.54) is 5.56 Å². The predicted molar refractivity (Wildman–Crippen MR) is 74.4 cm³/mol. The molecule has 2 rings (SSSR count). The lowest BCUT2D eigenvalue weighted by Crippen LogP contribution is -2.46. The first-order chi connectivity index (χ1) is 8.61. The van der Waals surface area contributed by atoms with Gasteiger partial charge in [0, 0.05) is 24.7 Å². The maximum atomic E-state index is 6.37. The molecule has 3 heteroatoms. The summed E-state index contributed by atoms with van der Waals surface area (Å²) in [6.07, 6.45) is 1.41. The van der Waals surface area contributed by atoms with Crippen LogP contribution in [0.2, 0.25) is 0 Å². The minimum atomic E-state index is 0.0454. The van der Waals surface area contributed by atoms with Crippen LogP contribution >= 0.6 is 0 Å². The molecule has 100 valence electrons. The molecule has 0 spiro atoms. The summed E-state index contributed by atoms with van der Waals surface area (Å²) in [6.45, 7) is 5.21. The van der Waals surface area contributed by atoms with Gasteiger partial charge in [0.05, 0.1) is 6.10 Å². The van der Waals surface area contributed by atoms with Crippen LogP contribution in [0.25, 0.3) is 0 Å². The summed E-state index contributed by atoms with van der Waals surface area (Å²) in [5.74, 6) is 0. The van der Waals surface area contributed by atoms with Gasteiger partial charge in [-0.15, -0.1) is 0 Å². The molecule has 1 aliphatic heterocycles. The van der Waals surface area contributed by atoms with E-state index in [1.54, 1.807) is 0 Å². The van der Waals surface area contributed by atoms with Crippen molar-refractivity contribution < 1.29 is 4.74 Å². The molecule has 1 aromatic carbocycles. The van der Waals surface area contributed by atoms with Crippen molar-refractivity contribution >= 4 is 0 Å². The van der Waals surface area contributed by atoms with Crippen LogP contribution in [-0.4, -0.2) is 36.7 Å². The first kappa shape index (κ1) is 13.5. The second-order valence-electron chi connectivity index (χ2n) is 5.27. The van der Waals surface area contributed by atoms with Crippen LogP contribution in [0.15, 0.2) is 30.3 Å². The third-order valence-electron chi connectivity index (χ3n) is 4.21. The third kappa shape index (κ3) is 2.74. The Morgan fingerprint density at radius 1 is 1.33 bits per heavy atom. The molecule has 1 heterocycles. The average molecular weight is 248 g/mol. The number of ether oxygens (including phenoxy) is 1. The maximum absolute atomic E-state index is 6.37. The van der Waals surface area contributed by atoms with Gasteiger partial charge in [-0.05, 0) is 32.9 Å². The summed E-state index contributed by atoms with van der Waals surface area (Å²) in [6, 6.07) is 11.2. The van der Waals surface area contributed by atoms with Gasteiger partial charge >= 0.3 is 0 Å². The number of nitrogens with two attached hydrogens (primary N) is 1. The fourth-order valence-corrected chi connectivity index (χ4v) is 2.76. The van der Waals surface area contributed by atoms with E-state index in [4.69, 9.17) is 10.5 Å². The zero-order chi connectivity index (χ0) is 13.1. The first-order valence-corrected chi connectivity index (χ1v) is 6.75. The van der Waals surface area contributed by atoms with E-state index in [1.807, 2.05) is 18.2 Å². The lowest BCUT2D eigenvalue weighted by Gasteiger charge is -2.35. The molecule has 0 aromatic heterocycles. The molecule has 0 bridgehead atoms. The Kier molecular flexibility index (Phi) is 4.38. The summed E-state index contributed by atoms with van der Waals surface area (Å²) < 4.78 is 5.64. The van der Waals surface area contributed by atoms with E-state index >= 15 is 0 Å². The van der Waals surface area contributed by atoms with E-state index in [-0.39, 0.29) is 6.04 Å². The molecule has 2 N–H and O–H groups in total. The van der Waals surface area contributed by atoms with Crippen LogP contribution in [0.3, 0.4) is 0 Å². The molecule has 1 aromatic rings. The predicted octanol–water partition coefficient (Wildman–Crippen LogP) is 2.18. The summed E-state index contributed by atoms with van der Waals surface area (Å²) in [4.78, 5) is 2.37. The summed E-state index contributed by atoms with van der Waals surface area (Å²) in [7, 11) is 2.16. The fourth-order valence-electron chi connectivity index (χ4n) is 2.76. The minimum Gasteiger partial charge on any atom is -0.377 e. The number of rotatable bonds is 4. The van der Waals surface area contributed by atoms with Gasteiger partial charge in [-0.25, -0.2) is 0 Å². The smallest absolute Gasteiger partial charge is 0.0703 e. The van der Waals surface area contributed by atoms with Crippen molar-refractivity contribution in [1.29, 1.82) is 0 Å². The number of likely N-dealkylation sites (N-methyl/N-ethyl adjacent to an activating group) is 1. The molecule has 0 aliphatic carbocycles. The Morgan fingerprint density at radius 3 is 2.56 bits per heavy atom. The molecule has 3 nitrogen and oxygen atoms in total. The highest BCUT2D eigenvalue weighted by molar-refractivity contribution is 5.20. The van der Waals surface area contributed by atoms with Crippen molar-refractivity contribution in [1.82, 2.24) is 4.90 Å². The molecular weight excluding hydrogens is 224 g/mol. The Bertz CT molecular complexity index is 368. The molecule has 1 aliphatic rings. The Labute approximate surface area is 110 Å². The van der Waals surface area contributed by atoms with Gasteiger partial charge < -0.3 is 10.5 Å². The second kappa shape index (κ2) is 5.83. The highest BCUT2D eigenvalue weighted by atomic mass is 16.5. The van der Waals surface area contributed by atoms with Crippen molar-refractivity contribution in [3.63, 3.8) is 0 Å². The van der Waals surface area contributed by atoms with Gasteiger partial charge in [0.25, 0.3) is 0 Å². The van der Waals surface area contributed by atoms with E-state index in [9.17, 15) is 0 Å². The molecule has 18 heavy (non-hydrogen) atoms. The van der Waals surface area contributed by atoms with E-state index < -0.39 is 0 Å². The molecular formula is C15H24N2O. The van der Waals surface area contributed by atoms with Crippen LogP contribution in [0.5, 0.6) is 0 Å². The van der Waals surface area contributed by atoms with Crippen molar-refractivity contribution in [2.24, 2.45) is 5.73 Å². The van der Waals surface area contributed by atoms with Crippen LogP contribution in [0, 0.1) is 0 Å². The van der Waals surface area contributed by atoms with Gasteiger partial charge in [0.15, 0.2) is 0 Å². The minimum absolute atomic E-state index is 0.0454. The van der Waals surface area contributed by atoms with Gasteiger partial charge in [-0.3, -0.25) is 4.90 Å². The van der Waals surface area contributed by atoms with Crippen molar-refractivity contribution in [2.45, 2.75) is 44.5 Å². The monoisotopic (exact) mass is 248 g/mol. The molecule has 1 saturated heterocycles. The first-order valence-electron chi connectivity index (χ1n) is 6.75. The lowest BCUT2D eigenvalue weighted by atomic mass is 9.98. The van der Waals surface area contributed by atoms with Gasteiger partial charge in [0.1, 0.15) is 0 Å². The van der Waals surface area contributed by atoms with Crippen LogP contribution in [0.1, 0.15) is 31.9 Å². The van der Waals surface area contributed by atoms with Crippen LogP contribution in [-0.2, 0) is 4.74 Å². The van der Waals surface area contributed by atoms with Gasteiger partial charge in [-0.1, -0.05) is 30.3 Å². The topological polar surface area (TPSA) is 38.5 Å². The standard InChI is InChI=1S/C15H24N2O/c1-11(15(16)13-7-5-4-6-8-13)17(3)14-9-10-18-12(14)2/h4-8,11-12,14-15H,9-10,16H2,1-3H3. The largest absolute Gasteiger partial charge is 0.377 e. The molecule has 0 radical (unpaired) electrons. The molecule has 4 unspecified atom stereocenters. The number of benzene rings is 1. The zero-order valence-electron chi connectivity index (χ0n) is 11.5. The Hall–Kier alpha value is -0.900. The highest BCUT2D eigenvalue weighted by Gasteiger charge is 2.32. The normalized spacial score (nSPS) is 27.4. The van der Waals surface area contributed by atoms with E-state index in [0.29, 0.717) is 18.2 Å². The quantitative estimate of drug-likeness (QED) is 0.887. The number of nitrogens with zero attached hydrogens (tertiary/aromatic N) is 1. The Morgan fingerprint density at radius 2 is 2.00 bits per heavy atom. The molecule has 1 fully saturated rings. The molecule has 4 atom stereocenters. The summed E-state index contributed by atoms with van der Waals surface area (Å²) in [5.41, 5.74) is 7.57. The Balaban J connectivity index is 2.04. The lowest BCUT2D eigenvalue weighted by molar-refractivity contribution is 0.0654. The van der Waals surface area contributed by atoms with Crippen LogP contribution in [0.4, 0.5) is 0 Å². The summed E-state index contributed by atoms with van der Waals surface area (Å²) >= 11 is 0. The number of hydrogen-bond donors (Lipinski definition) is 1. The average Bonchev–Trinajstić information content (AvgIpc) is 2.83. The maximum Gasteiger partial charge on any atom is 0.0703 e. The zero-order valence-corrected chi connectivity index (χ0v) is 11.5. The highest BCUT2D eigenvalue weighted by Crippen LogP contribution is 2.25. The second-order valence-corrected chi connectivity index (χ2v) is 5.27. The van der Waals surface area contributed by atoms with Crippen LogP contribution < -0.4 is 5.73 Å². The van der Waals surface area contributed by atoms with Gasteiger partial charge in [-0.2, -0.15) is 0 Å². The van der Waals surface area contributed by atoms with Gasteiger partial charge in [0.2, 0.25) is 0 Å². The fraction of sp³-hybridized carbons (Fsp3) is 0.600. The van der Waals surface area contributed by atoms with Crippen molar-refractivity contribution in [3.05, 3.63) is 35.9 Å². The molecule has 0 amide bonds. The summed E-state index contributed by atoms with van der Waals surface area (Å²) in [5, 5.41) is 0. The third-order valence-corrected chi connectivity index (χ3v) is 4.21. The molecule has 0 saturated carbocycles. The van der Waals surface area contributed by atoms with E-state index in [2.05, 4.69) is 37.9 Å². The van der Waals surface area contributed by atoms with Crippen molar-refractivity contribution in [2.75, 3.05) is 13.7 Å². The SMILES string of the molecule is CC1OCCC1N(C)C(C)C(N)c1ccccc1. The van der Waals surface area contributed by atoms with Crippen molar-refractivity contribution in [3.8, 4) is 0 Å². The van der Waals surface area contributed by atoms with E-state index in [0.717, 1.165) is 13.0 Å². The number of hydrogen-bond acceptors (Lipinski definition) is 3.